The monoisotopic (exact) mass is 285 g/mol. The lowest BCUT2D eigenvalue weighted by Gasteiger charge is -2.32. The van der Waals surface area contributed by atoms with Crippen LogP contribution < -0.4 is 10.6 Å². The van der Waals surface area contributed by atoms with Crippen LogP contribution in [0.25, 0.3) is 0 Å². The van der Waals surface area contributed by atoms with Crippen molar-refractivity contribution in [3.8, 4) is 0 Å². The summed E-state index contributed by atoms with van der Waals surface area (Å²) >= 11 is 5.37. The van der Waals surface area contributed by atoms with Crippen molar-refractivity contribution in [2.75, 3.05) is 32.8 Å². The molecule has 2 N–H and O–H groups in total. The van der Waals surface area contributed by atoms with Crippen LogP contribution in [-0.4, -0.2) is 54.9 Å². The molecule has 1 aliphatic carbocycles. The van der Waals surface area contributed by atoms with Gasteiger partial charge in [-0.15, -0.1) is 0 Å². The zero-order chi connectivity index (χ0) is 13.5. The third-order valence-corrected chi connectivity index (χ3v) is 4.36. The maximum absolute atomic E-state index is 5.76. The second-order valence-electron chi connectivity index (χ2n) is 5.58. The zero-order valence-corrected chi connectivity index (χ0v) is 12.8. The molecule has 110 valence electrons. The average Bonchev–Trinajstić information content (AvgIpc) is 2.46. The molecule has 0 bridgehead atoms. The molecule has 2 aliphatic rings. The number of hydrogen-bond donors (Lipinski definition) is 2. The highest BCUT2D eigenvalue weighted by atomic mass is 32.1. The van der Waals surface area contributed by atoms with Crippen molar-refractivity contribution >= 4 is 17.3 Å². The molecule has 1 atom stereocenters. The second kappa shape index (κ2) is 8.02. The molecule has 0 aromatic rings. The number of hydrogen-bond acceptors (Lipinski definition) is 3. The first-order valence-corrected chi connectivity index (χ1v) is 8.07. The van der Waals surface area contributed by atoms with Crippen molar-refractivity contribution in [3.63, 3.8) is 0 Å². The van der Waals surface area contributed by atoms with E-state index < -0.39 is 0 Å². The van der Waals surface area contributed by atoms with Crippen LogP contribution in [-0.2, 0) is 4.74 Å². The van der Waals surface area contributed by atoms with E-state index in [2.05, 4.69) is 22.5 Å². The number of nitrogens with zero attached hydrogens (tertiary/aromatic N) is 1. The molecule has 1 unspecified atom stereocenters. The van der Waals surface area contributed by atoms with E-state index in [9.17, 15) is 0 Å². The predicted octanol–water partition coefficient (Wildman–Crippen LogP) is 1.50. The quantitative estimate of drug-likeness (QED) is 0.766. The van der Waals surface area contributed by atoms with Gasteiger partial charge in [0.2, 0.25) is 0 Å². The normalized spacial score (nSPS) is 26.1. The van der Waals surface area contributed by atoms with Gasteiger partial charge in [0.05, 0.1) is 12.7 Å². The van der Waals surface area contributed by atoms with Gasteiger partial charge in [-0.05, 0) is 31.6 Å². The van der Waals surface area contributed by atoms with E-state index >= 15 is 0 Å². The number of morpholine rings is 1. The summed E-state index contributed by atoms with van der Waals surface area (Å²) in [4.78, 5) is 2.42. The predicted molar refractivity (Wildman–Crippen MR) is 82.5 cm³/mol. The van der Waals surface area contributed by atoms with E-state index in [-0.39, 0.29) is 6.10 Å². The van der Waals surface area contributed by atoms with Crippen LogP contribution in [0.4, 0.5) is 0 Å². The van der Waals surface area contributed by atoms with Gasteiger partial charge >= 0.3 is 0 Å². The summed E-state index contributed by atoms with van der Waals surface area (Å²) in [6, 6.07) is 0.577. The molecule has 1 saturated heterocycles. The first kappa shape index (κ1) is 15.0. The van der Waals surface area contributed by atoms with Gasteiger partial charge in [-0.2, -0.15) is 0 Å². The summed E-state index contributed by atoms with van der Waals surface area (Å²) in [5.41, 5.74) is 0. The first-order valence-electron chi connectivity index (χ1n) is 7.66. The largest absolute Gasteiger partial charge is 0.374 e. The Labute approximate surface area is 122 Å². The molecule has 1 heterocycles. The molecule has 0 aromatic heterocycles. The van der Waals surface area contributed by atoms with Crippen LogP contribution >= 0.6 is 12.2 Å². The van der Waals surface area contributed by atoms with Crippen molar-refractivity contribution in [2.24, 2.45) is 0 Å². The molecule has 5 heteroatoms. The Hall–Kier alpha value is -0.390. The molecule has 19 heavy (non-hydrogen) atoms. The fraction of sp³-hybridized carbons (Fsp3) is 0.929. The smallest absolute Gasteiger partial charge is 0.166 e. The van der Waals surface area contributed by atoms with E-state index in [1.807, 2.05) is 0 Å². The number of ether oxygens (including phenoxy) is 1. The summed E-state index contributed by atoms with van der Waals surface area (Å²) in [5.74, 6) is 0. The van der Waals surface area contributed by atoms with Crippen LogP contribution in [0.3, 0.4) is 0 Å². The molecular weight excluding hydrogens is 258 g/mol. The third-order valence-electron chi connectivity index (χ3n) is 4.10. The molecule has 0 spiro atoms. The first-order chi connectivity index (χ1) is 9.28. The molecule has 0 aromatic carbocycles. The molecular formula is C14H27N3OS. The molecule has 2 rings (SSSR count). The van der Waals surface area contributed by atoms with Gasteiger partial charge in [-0.3, -0.25) is 4.90 Å². The van der Waals surface area contributed by atoms with Crippen LogP contribution in [0.5, 0.6) is 0 Å². The van der Waals surface area contributed by atoms with Crippen LogP contribution in [0, 0.1) is 0 Å². The number of likely N-dealkylation sites (N-methyl/N-ethyl adjacent to an activating group) is 1. The average molecular weight is 285 g/mol. The van der Waals surface area contributed by atoms with Gasteiger partial charge in [-0.1, -0.05) is 26.2 Å². The molecule has 0 radical (unpaired) electrons. The van der Waals surface area contributed by atoms with Crippen LogP contribution in [0.2, 0.25) is 0 Å². The number of thiocarbonyl (C=S) groups is 1. The van der Waals surface area contributed by atoms with Crippen molar-refractivity contribution in [1.29, 1.82) is 0 Å². The zero-order valence-electron chi connectivity index (χ0n) is 12.0. The Morgan fingerprint density at radius 3 is 2.84 bits per heavy atom. The summed E-state index contributed by atoms with van der Waals surface area (Å²) in [5, 5.41) is 7.54. The van der Waals surface area contributed by atoms with Gasteiger partial charge < -0.3 is 15.4 Å². The fourth-order valence-corrected chi connectivity index (χ4v) is 3.13. The summed E-state index contributed by atoms with van der Waals surface area (Å²) in [6.07, 6.45) is 6.81. The highest BCUT2D eigenvalue weighted by Crippen LogP contribution is 2.17. The van der Waals surface area contributed by atoms with Crippen molar-refractivity contribution in [3.05, 3.63) is 0 Å². The Bertz CT molecular complexity index is 282. The fourth-order valence-electron chi connectivity index (χ4n) is 2.88. The number of rotatable bonds is 4. The molecule has 4 nitrogen and oxygen atoms in total. The maximum Gasteiger partial charge on any atom is 0.166 e. The van der Waals surface area contributed by atoms with E-state index in [1.54, 1.807) is 0 Å². The van der Waals surface area contributed by atoms with E-state index in [0.717, 1.165) is 37.9 Å². The summed E-state index contributed by atoms with van der Waals surface area (Å²) in [7, 11) is 0. The summed E-state index contributed by atoms with van der Waals surface area (Å²) < 4.78 is 5.76. The van der Waals surface area contributed by atoms with Crippen molar-refractivity contribution in [2.45, 2.75) is 51.2 Å². The maximum atomic E-state index is 5.76. The van der Waals surface area contributed by atoms with E-state index in [1.165, 1.54) is 32.1 Å². The van der Waals surface area contributed by atoms with E-state index in [0.29, 0.717) is 6.04 Å². The van der Waals surface area contributed by atoms with Crippen molar-refractivity contribution in [1.82, 2.24) is 15.5 Å². The Morgan fingerprint density at radius 1 is 1.32 bits per heavy atom. The molecule has 1 saturated carbocycles. The second-order valence-corrected chi connectivity index (χ2v) is 5.98. The Balaban J connectivity index is 1.62. The van der Waals surface area contributed by atoms with Crippen LogP contribution in [0.15, 0.2) is 0 Å². The van der Waals surface area contributed by atoms with Crippen molar-refractivity contribution < 1.29 is 4.74 Å². The molecule has 1 aliphatic heterocycles. The lowest BCUT2D eigenvalue weighted by molar-refractivity contribution is -0.0233. The highest BCUT2D eigenvalue weighted by Gasteiger charge is 2.20. The van der Waals surface area contributed by atoms with Crippen LogP contribution in [0.1, 0.15) is 39.0 Å². The number of nitrogens with one attached hydrogen (secondary N) is 2. The van der Waals surface area contributed by atoms with Gasteiger partial charge in [0.15, 0.2) is 5.11 Å². The highest BCUT2D eigenvalue weighted by molar-refractivity contribution is 7.80. The van der Waals surface area contributed by atoms with E-state index in [4.69, 9.17) is 17.0 Å². The Morgan fingerprint density at radius 2 is 2.11 bits per heavy atom. The van der Waals surface area contributed by atoms with Gasteiger partial charge in [0.25, 0.3) is 0 Å². The van der Waals surface area contributed by atoms with Gasteiger partial charge in [0, 0.05) is 25.7 Å². The SMILES string of the molecule is CCN1CCOC(CNC(=S)NC2CCCCC2)C1. The summed E-state index contributed by atoms with van der Waals surface area (Å²) in [6.45, 7) is 7.01. The lowest BCUT2D eigenvalue weighted by atomic mass is 9.96. The van der Waals surface area contributed by atoms with Gasteiger partial charge in [-0.25, -0.2) is 0 Å². The third kappa shape index (κ3) is 5.24. The standard InChI is InChI=1S/C14H27N3OS/c1-2-17-8-9-18-13(11-17)10-15-14(19)16-12-6-4-3-5-7-12/h12-13H,2-11H2,1H3,(H2,15,16,19). The molecule has 0 amide bonds. The lowest BCUT2D eigenvalue weighted by Crippen LogP contribution is -2.50. The minimum absolute atomic E-state index is 0.264. The Kier molecular flexibility index (Phi) is 6.34. The molecule has 2 fully saturated rings. The van der Waals surface area contributed by atoms with Gasteiger partial charge in [0.1, 0.15) is 0 Å². The minimum Gasteiger partial charge on any atom is -0.374 e. The topological polar surface area (TPSA) is 36.5 Å². The minimum atomic E-state index is 0.264.